The summed E-state index contributed by atoms with van der Waals surface area (Å²) in [6, 6.07) is 9.17. The van der Waals surface area contributed by atoms with Crippen LogP contribution < -0.4 is 16.2 Å². The predicted octanol–water partition coefficient (Wildman–Crippen LogP) is 3.16. The summed E-state index contributed by atoms with van der Waals surface area (Å²) < 4.78 is 5.32. The van der Waals surface area contributed by atoms with E-state index in [0.29, 0.717) is 17.1 Å². The van der Waals surface area contributed by atoms with Crippen LogP contribution in [0.15, 0.2) is 34.7 Å². The summed E-state index contributed by atoms with van der Waals surface area (Å²) in [6.07, 6.45) is 1.71. The monoisotopic (exact) mass is 404 g/mol. The predicted molar refractivity (Wildman–Crippen MR) is 107 cm³/mol. The van der Waals surface area contributed by atoms with Gasteiger partial charge in [-0.1, -0.05) is 23.7 Å². The number of nitrogens with zero attached hydrogens (tertiary/aromatic N) is 1. The summed E-state index contributed by atoms with van der Waals surface area (Å²) >= 11 is 5.92. The summed E-state index contributed by atoms with van der Waals surface area (Å²) in [6.45, 7) is 6.14. The highest BCUT2D eigenvalue weighted by molar-refractivity contribution is 6.30. The number of benzene rings is 1. The molecule has 0 radical (unpaired) electrons. The van der Waals surface area contributed by atoms with E-state index in [1.807, 2.05) is 24.3 Å². The fourth-order valence-corrected chi connectivity index (χ4v) is 3.47. The molecule has 0 atom stereocenters. The van der Waals surface area contributed by atoms with Gasteiger partial charge < -0.3 is 9.73 Å². The number of halogens is 1. The number of amides is 3. The molecule has 2 aromatic rings. The third kappa shape index (κ3) is 5.50. The average Bonchev–Trinajstić information content (AvgIpc) is 3.01. The highest BCUT2D eigenvalue weighted by Crippen LogP contribution is 2.16. The van der Waals surface area contributed by atoms with Crippen molar-refractivity contribution in [3.8, 4) is 0 Å². The van der Waals surface area contributed by atoms with Gasteiger partial charge in [0.25, 0.3) is 5.91 Å². The van der Waals surface area contributed by atoms with E-state index in [1.54, 1.807) is 19.9 Å². The van der Waals surface area contributed by atoms with Crippen LogP contribution in [0.3, 0.4) is 0 Å². The number of furan rings is 1. The Morgan fingerprint density at radius 1 is 1.14 bits per heavy atom. The molecule has 7 nitrogen and oxygen atoms in total. The van der Waals surface area contributed by atoms with Crippen molar-refractivity contribution in [3.63, 3.8) is 0 Å². The summed E-state index contributed by atoms with van der Waals surface area (Å²) in [7, 11) is 0. The quantitative estimate of drug-likeness (QED) is 0.683. The first-order valence-electron chi connectivity index (χ1n) is 9.31. The standard InChI is InChI=1S/C20H25ClN4O3/c1-13-11-18(14(2)28-13)19(26)23-24-20(27)22-17-7-9-25(10-8-17)12-15-3-5-16(21)6-4-15/h3-6,11,17H,7-10,12H2,1-2H3,(H,23,26)(H2,22,24,27). The van der Waals surface area contributed by atoms with E-state index in [1.165, 1.54) is 5.56 Å². The maximum Gasteiger partial charge on any atom is 0.333 e. The Hall–Kier alpha value is -2.51. The van der Waals surface area contributed by atoms with Gasteiger partial charge in [0, 0.05) is 30.7 Å². The van der Waals surface area contributed by atoms with Crippen LogP contribution in [0.1, 0.15) is 40.3 Å². The van der Waals surface area contributed by atoms with Gasteiger partial charge in [-0.2, -0.15) is 0 Å². The van der Waals surface area contributed by atoms with Gasteiger partial charge in [-0.25, -0.2) is 10.2 Å². The van der Waals surface area contributed by atoms with Crippen LogP contribution >= 0.6 is 11.6 Å². The minimum Gasteiger partial charge on any atom is -0.466 e. The number of nitrogens with one attached hydrogen (secondary N) is 3. The van der Waals surface area contributed by atoms with Crippen LogP contribution in [-0.4, -0.2) is 36.0 Å². The zero-order valence-electron chi connectivity index (χ0n) is 16.0. The van der Waals surface area contributed by atoms with Crippen LogP contribution in [0, 0.1) is 13.8 Å². The Balaban J connectivity index is 1.38. The molecular formula is C20H25ClN4O3. The Morgan fingerprint density at radius 2 is 1.82 bits per heavy atom. The molecule has 1 aliphatic heterocycles. The highest BCUT2D eigenvalue weighted by Gasteiger charge is 2.21. The number of rotatable bonds is 4. The smallest absolute Gasteiger partial charge is 0.333 e. The van der Waals surface area contributed by atoms with E-state index >= 15 is 0 Å². The molecule has 0 unspecified atom stereocenters. The lowest BCUT2D eigenvalue weighted by atomic mass is 10.0. The average molecular weight is 405 g/mol. The Kier molecular flexibility index (Phi) is 6.59. The zero-order valence-corrected chi connectivity index (χ0v) is 16.8. The van der Waals surface area contributed by atoms with Crippen molar-refractivity contribution in [1.82, 2.24) is 21.1 Å². The number of likely N-dealkylation sites (tertiary alicyclic amines) is 1. The molecule has 1 aromatic carbocycles. The normalized spacial score (nSPS) is 15.2. The molecule has 28 heavy (non-hydrogen) atoms. The maximum atomic E-state index is 12.1. The molecule has 2 heterocycles. The second-order valence-electron chi connectivity index (χ2n) is 7.06. The Bertz CT molecular complexity index is 826. The van der Waals surface area contributed by atoms with Crippen molar-refractivity contribution < 1.29 is 14.0 Å². The number of hydrogen-bond acceptors (Lipinski definition) is 4. The van der Waals surface area contributed by atoms with E-state index in [0.717, 1.165) is 37.5 Å². The first-order valence-corrected chi connectivity index (χ1v) is 9.69. The fraction of sp³-hybridized carbons (Fsp3) is 0.400. The highest BCUT2D eigenvalue weighted by atomic mass is 35.5. The van der Waals surface area contributed by atoms with Gasteiger partial charge in [0.1, 0.15) is 11.5 Å². The van der Waals surface area contributed by atoms with Gasteiger partial charge in [-0.3, -0.25) is 15.1 Å². The number of carbonyl (C=O) groups excluding carboxylic acids is 2. The maximum absolute atomic E-state index is 12.1. The number of piperidine rings is 1. The number of hydrogen-bond donors (Lipinski definition) is 3. The molecule has 3 N–H and O–H groups in total. The lowest BCUT2D eigenvalue weighted by molar-refractivity contribution is 0.0933. The first-order chi connectivity index (χ1) is 13.4. The van der Waals surface area contributed by atoms with E-state index in [9.17, 15) is 9.59 Å². The second-order valence-corrected chi connectivity index (χ2v) is 7.49. The third-order valence-corrected chi connectivity index (χ3v) is 5.07. The molecule has 1 saturated heterocycles. The van der Waals surface area contributed by atoms with Gasteiger partial charge in [-0.15, -0.1) is 0 Å². The van der Waals surface area contributed by atoms with Crippen molar-refractivity contribution in [2.75, 3.05) is 13.1 Å². The van der Waals surface area contributed by atoms with Crippen LogP contribution in [-0.2, 0) is 6.54 Å². The van der Waals surface area contributed by atoms with Crippen molar-refractivity contribution in [2.45, 2.75) is 39.3 Å². The molecule has 1 fully saturated rings. The van der Waals surface area contributed by atoms with Crippen molar-refractivity contribution in [1.29, 1.82) is 0 Å². The number of urea groups is 1. The second kappa shape index (κ2) is 9.12. The zero-order chi connectivity index (χ0) is 20.1. The molecule has 150 valence electrons. The topological polar surface area (TPSA) is 86.6 Å². The molecule has 3 rings (SSSR count). The van der Waals surface area contributed by atoms with Crippen LogP contribution in [0.5, 0.6) is 0 Å². The minimum atomic E-state index is -0.414. The van der Waals surface area contributed by atoms with Gasteiger partial charge >= 0.3 is 6.03 Å². The molecule has 0 saturated carbocycles. The Morgan fingerprint density at radius 3 is 2.43 bits per heavy atom. The lowest BCUT2D eigenvalue weighted by Crippen LogP contribution is -2.52. The molecule has 1 aromatic heterocycles. The molecule has 1 aliphatic rings. The SMILES string of the molecule is Cc1cc(C(=O)NNC(=O)NC2CCN(Cc3ccc(Cl)cc3)CC2)c(C)o1. The summed E-state index contributed by atoms with van der Waals surface area (Å²) in [5.41, 5.74) is 6.44. The van der Waals surface area contributed by atoms with Crippen molar-refractivity contribution in [3.05, 3.63) is 58.0 Å². The van der Waals surface area contributed by atoms with Crippen molar-refractivity contribution >= 4 is 23.5 Å². The molecule has 0 bridgehead atoms. The van der Waals surface area contributed by atoms with E-state index in [2.05, 4.69) is 21.1 Å². The molecular weight excluding hydrogens is 380 g/mol. The van der Waals surface area contributed by atoms with Crippen molar-refractivity contribution in [2.24, 2.45) is 0 Å². The summed E-state index contributed by atoms with van der Waals surface area (Å²) in [5.74, 6) is 0.769. The van der Waals surface area contributed by atoms with Gasteiger partial charge in [0.2, 0.25) is 0 Å². The molecule has 0 spiro atoms. The van der Waals surface area contributed by atoms with E-state index in [-0.39, 0.29) is 6.04 Å². The number of carbonyl (C=O) groups is 2. The number of aryl methyl sites for hydroxylation is 2. The van der Waals surface area contributed by atoms with Crippen LogP contribution in [0.4, 0.5) is 4.79 Å². The minimum absolute atomic E-state index is 0.0799. The van der Waals surface area contributed by atoms with E-state index in [4.69, 9.17) is 16.0 Å². The lowest BCUT2D eigenvalue weighted by Gasteiger charge is -2.32. The van der Waals surface area contributed by atoms with Crippen LogP contribution in [0.2, 0.25) is 5.02 Å². The molecule has 0 aliphatic carbocycles. The summed E-state index contributed by atoms with van der Waals surface area (Å²) in [4.78, 5) is 26.5. The molecule has 3 amide bonds. The van der Waals surface area contributed by atoms with Gasteiger partial charge in [0.05, 0.1) is 5.56 Å². The first kappa shape index (κ1) is 20.2. The molecule has 8 heteroatoms. The van der Waals surface area contributed by atoms with E-state index < -0.39 is 11.9 Å². The third-order valence-electron chi connectivity index (χ3n) is 4.82. The van der Waals surface area contributed by atoms with Gasteiger partial charge in [-0.05, 0) is 50.5 Å². The Labute approximate surface area is 169 Å². The summed E-state index contributed by atoms with van der Waals surface area (Å²) in [5, 5.41) is 3.64. The largest absolute Gasteiger partial charge is 0.466 e. The number of hydrazine groups is 1. The fourth-order valence-electron chi connectivity index (χ4n) is 3.34. The van der Waals surface area contributed by atoms with Gasteiger partial charge in [0.15, 0.2) is 0 Å². The van der Waals surface area contributed by atoms with Crippen LogP contribution in [0.25, 0.3) is 0 Å².